The SMILES string of the molecule is Cn1nc(NS(C)(=O)=O)c2cccc(-c3cc4sc(N5CC6(CCNCC6)C5)nc4nc3[C@H](Cc3cc(F)cc(F)c3)NC(=O)Cn3nc(C(F)(F)F)c4c3C(F)(F)[C@@H]3CC43)c21. The lowest BCUT2D eigenvalue weighted by molar-refractivity contribution is -0.142. The summed E-state index contributed by atoms with van der Waals surface area (Å²) in [5.74, 6) is -8.85. The molecule has 0 bridgehead atoms. The minimum atomic E-state index is -5.06. The molecule has 4 aromatic heterocycles. The molecule has 1 saturated carbocycles. The van der Waals surface area contributed by atoms with Gasteiger partial charge in [0.25, 0.3) is 5.92 Å². The van der Waals surface area contributed by atoms with Gasteiger partial charge in [0.1, 0.15) is 23.9 Å². The molecule has 3 N–H and O–H groups in total. The predicted molar refractivity (Wildman–Crippen MR) is 215 cm³/mol. The van der Waals surface area contributed by atoms with Gasteiger partial charge in [0.05, 0.1) is 28.2 Å². The highest BCUT2D eigenvalue weighted by molar-refractivity contribution is 7.92. The van der Waals surface area contributed by atoms with Crippen molar-refractivity contribution in [3.8, 4) is 11.1 Å². The number of hydrogen-bond donors (Lipinski definition) is 3. The van der Waals surface area contributed by atoms with Gasteiger partial charge in [-0.25, -0.2) is 22.2 Å². The zero-order chi connectivity index (χ0) is 43.7. The normalized spacial score (nSPS) is 20.6. The molecule has 1 unspecified atom stereocenters. The van der Waals surface area contributed by atoms with Crippen molar-refractivity contribution < 1.29 is 43.9 Å². The fourth-order valence-corrected chi connectivity index (χ4v) is 11.1. The zero-order valence-corrected chi connectivity index (χ0v) is 34.6. The van der Waals surface area contributed by atoms with Gasteiger partial charge >= 0.3 is 6.18 Å². The van der Waals surface area contributed by atoms with Crippen LogP contribution < -0.4 is 20.3 Å². The number of thiazole rings is 1. The molecule has 0 radical (unpaired) electrons. The molecule has 1 spiro atoms. The summed E-state index contributed by atoms with van der Waals surface area (Å²) < 4.78 is 133. The van der Waals surface area contributed by atoms with Crippen LogP contribution in [0.4, 0.5) is 41.7 Å². The average molecular weight is 903 g/mol. The number of sulfonamides is 1. The van der Waals surface area contributed by atoms with E-state index in [1.165, 1.54) is 16.0 Å². The van der Waals surface area contributed by atoms with Crippen molar-refractivity contribution in [2.24, 2.45) is 18.4 Å². The summed E-state index contributed by atoms with van der Waals surface area (Å²) in [6, 6.07) is 8.30. The number of pyridine rings is 1. The van der Waals surface area contributed by atoms with E-state index in [1.54, 1.807) is 31.3 Å². The molecule has 2 aromatic carbocycles. The molecule has 6 heterocycles. The van der Waals surface area contributed by atoms with Crippen LogP contribution in [0.3, 0.4) is 0 Å². The van der Waals surface area contributed by atoms with Crippen LogP contribution in [0, 0.1) is 23.0 Å². The van der Waals surface area contributed by atoms with Crippen molar-refractivity contribution in [3.05, 3.63) is 82.3 Å². The Morgan fingerprint density at radius 2 is 1.76 bits per heavy atom. The van der Waals surface area contributed by atoms with Gasteiger partial charge in [0.2, 0.25) is 15.9 Å². The molecule has 6 aromatic rings. The lowest BCUT2D eigenvalue weighted by Gasteiger charge is -2.52. The van der Waals surface area contributed by atoms with Crippen LogP contribution in [0.2, 0.25) is 0 Å². The first-order valence-corrected chi connectivity index (χ1v) is 22.5. The second kappa shape index (κ2) is 14.1. The fourth-order valence-electron chi connectivity index (χ4n) is 9.61. The summed E-state index contributed by atoms with van der Waals surface area (Å²) >= 11 is 1.38. The highest BCUT2D eigenvalue weighted by Gasteiger charge is 2.68. The maximum atomic E-state index is 15.5. The van der Waals surface area contributed by atoms with Gasteiger partial charge in [-0.1, -0.05) is 23.5 Å². The van der Waals surface area contributed by atoms with Crippen LogP contribution in [0.25, 0.3) is 32.4 Å². The molecule has 1 amide bonds. The molecule has 62 heavy (non-hydrogen) atoms. The van der Waals surface area contributed by atoms with Gasteiger partial charge in [0, 0.05) is 59.6 Å². The van der Waals surface area contributed by atoms with Crippen LogP contribution in [0.15, 0.2) is 42.5 Å². The minimum absolute atomic E-state index is 0.0339. The standard InChI is InChI=1S/C40H37F7N10O3S2/c1-55-32-22(4-3-5-23(32)35(53-55)54-62(2,59)60)24-15-28-36(51-37(61-28)56-17-38(18-56)6-8-48-9-7-38)50-31(24)27(12-19-10-20(41)13-21(42)11-19)49-29(58)16-57-34-30(33(52-57)40(45,46)47)25-14-26(25)39(34,43)44/h3-5,10-11,13,15,25-27,48H,6-9,12,14,16-18H2,1-2H3,(H,49,58)(H,53,54)/t25?,26-,27+/m1/s1. The molecule has 13 nitrogen and oxygen atoms in total. The topological polar surface area (TPSA) is 152 Å². The van der Waals surface area contributed by atoms with Crippen molar-refractivity contribution in [3.63, 3.8) is 0 Å². The zero-order valence-electron chi connectivity index (χ0n) is 33.0. The van der Waals surface area contributed by atoms with Crippen molar-refractivity contribution in [1.82, 2.24) is 40.2 Å². The number of alkyl halides is 5. The summed E-state index contributed by atoms with van der Waals surface area (Å²) in [6.45, 7) is 2.37. The van der Waals surface area contributed by atoms with E-state index in [1.807, 2.05) is 0 Å². The molecule has 2 saturated heterocycles. The van der Waals surface area contributed by atoms with Crippen LogP contribution in [0.5, 0.6) is 0 Å². The summed E-state index contributed by atoms with van der Waals surface area (Å²) in [5.41, 5.74) is -1.14. The number of piperidine rings is 1. The summed E-state index contributed by atoms with van der Waals surface area (Å²) in [6.07, 6.45) is -2.49. The summed E-state index contributed by atoms with van der Waals surface area (Å²) in [7, 11) is -2.17. The molecule has 3 fully saturated rings. The average Bonchev–Trinajstić information content (AvgIpc) is 3.44. The molecule has 22 heteroatoms. The third kappa shape index (κ3) is 7.02. The van der Waals surface area contributed by atoms with Crippen molar-refractivity contribution in [1.29, 1.82) is 0 Å². The molecule has 10 rings (SSSR count). The van der Waals surface area contributed by atoms with Crippen molar-refractivity contribution in [2.45, 2.75) is 56.3 Å². The predicted octanol–water partition coefficient (Wildman–Crippen LogP) is 6.61. The Labute approximate surface area is 352 Å². The number of hydrogen-bond acceptors (Lipinski definition) is 10. The number of rotatable bonds is 10. The molecule has 2 aliphatic carbocycles. The number of nitrogens with zero attached hydrogens (tertiary/aromatic N) is 7. The third-order valence-electron chi connectivity index (χ3n) is 12.3. The maximum absolute atomic E-state index is 15.5. The smallest absolute Gasteiger partial charge is 0.347 e. The number of carbonyl (C=O) groups is 1. The number of halogens is 7. The van der Waals surface area contributed by atoms with E-state index >= 15 is 8.78 Å². The van der Waals surface area contributed by atoms with E-state index in [-0.39, 0.29) is 41.0 Å². The number of anilines is 2. The van der Waals surface area contributed by atoms with Crippen molar-refractivity contribution in [2.75, 3.05) is 42.1 Å². The van der Waals surface area contributed by atoms with Crippen LogP contribution in [-0.4, -0.2) is 76.3 Å². The minimum Gasteiger partial charge on any atom is -0.347 e. The lowest BCUT2D eigenvalue weighted by atomic mass is 9.73. The highest BCUT2D eigenvalue weighted by atomic mass is 32.2. The van der Waals surface area contributed by atoms with E-state index < -0.39 is 81.0 Å². The second-order valence-corrected chi connectivity index (χ2v) is 19.6. The lowest BCUT2D eigenvalue weighted by Crippen LogP contribution is -2.60. The Morgan fingerprint density at radius 3 is 2.45 bits per heavy atom. The first kappa shape index (κ1) is 40.7. The molecule has 3 atom stereocenters. The monoisotopic (exact) mass is 902 g/mol. The molecular formula is C40H37F7N10O3S2. The van der Waals surface area contributed by atoms with Crippen LogP contribution in [-0.2, 0) is 46.9 Å². The molecule has 4 aliphatic rings. The number of fused-ring (bicyclic) bond motifs is 5. The Balaban J connectivity index is 1.10. The number of aryl methyl sites for hydroxylation is 1. The number of benzene rings is 2. The fraction of sp³-hybridized carbons (Fsp3) is 0.425. The van der Waals surface area contributed by atoms with E-state index in [2.05, 4.69) is 30.5 Å². The molecule has 326 valence electrons. The van der Waals surface area contributed by atoms with Gasteiger partial charge in [-0.15, -0.1) is 0 Å². The van der Waals surface area contributed by atoms with Crippen LogP contribution in [0.1, 0.15) is 59.4 Å². The Kier molecular flexibility index (Phi) is 9.24. The number of amides is 1. The quantitative estimate of drug-likeness (QED) is 0.129. The number of aromatic nitrogens is 6. The Morgan fingerprint density at radius 1 is 1.03 bits per heavy atom. The largest absolute Gasteiger partial charge is 0.435 e. The number of carbonyl (C=O) groups excluding carboxylic acids is 1. The van der Waals surface area contributed by atoms with Gasteiger partial charge in [-0.2, -0.15) is 37.1 Å². The van der Waals surface area contributed by atoms with Crippen LogP contribution >= 0.6 is 11.3 Å². The van der Waals surface area contributed by atoms with Gasteiger partial charge < -0.3 is 15.5 Å². The van der Waals surface area contributed by atoms with E-state index in [4.69, 9.17) is 9.97 Å². The van der Waals surface area contributed by atoms with Gasteiger partial charge in [-0.05, 0) is 74.5 Å². The number of nitrogens with one attached hydrogen (secondary N) is 3. The third-order valence-corrected chi connectivity index (χ3v) is 14.0. The summed E-state index contributed by atoms with van der Waals surface area (Å²) in [4.78, 5) is 26.1. The van der Waals surface area contributed by atoms with Gasteiger partial charge in [0.15, 0.2) is 22.3 Å². The number of para-hydroxylation sites is 1. The Bertz CT molecular complexity index is 2910. The Hall–Kier alpha value is -5.35. The van der Waals surface area contributed by atoms with Crippen molar-refractivity contribution >= 4 is 59.5 Å². The highest BCUT2D eigenvalue weighted by Crippen LogP contribution is 2.68. The van der Waals surface area contributed by atoms with E-state index in [0.29, 0.717) is 42.6 Å². The molecule has 2 aliphatic heterocycles. The first-order valence-electron chi connectivity index (χ1n) is 19.8. The van der Waals surface area contributed by atoms with E-state index in [0.717, 1.165) is 57.4 Å². The maximum Gasteiger partial charge on any atom is 0.435 e. The molecular weight excluding hydrogens is 866 g/mol. The van der Waals surface area contributed by atoms with E-state index in [9.17, 15) is 35.2 Å². The van der Waals surface area contributed by atoms with Gasteiger partial charge in [-0.3, -0.25) is 18.9 Å². The summed E-state index contributed by atoms with van der Waals surface area (Å²) in [5, 5.41) is 15.1. The first-order chi connectivity index (χ1) is 29.3. The second-order valence-electron chi connectivity index (χ2n) is 16.8.